The van der Waals surface area contributed by atoms with Gasteiger partial charge in [-0.05, 0) is 26.7 Å². The summed E-state index contributed by atoms with van der Waals surface area (Å²) in [5, 5.41) is 16.3. The molecule has 1 rings (SSSR count). The second kappa shape index (κ2) is 12.3. The minimum Gasteiger partial charge on any atom is -0.481 e. The zero-order valence-corrected chi connectivity index (χ0v) is 16.3. The Bertz CT molecular complexity index is 516. The number of carbonyl (C=O) groups is 4. The summed E-state index contributed by atoms with van der Waals surface area (Å²) in [5.41, 5.74) is 0. The van der Waals surface area contributed by atoms with Crippen molar-refractivity contribution in [2.75, 3.05) is 26.2 Å². The van der Waals surface area contributed by atoms with E-state index in [2.05, 4.69) is 34.7 Å². The molecule has 1 saturated heterocycles. The van der Waals surface area contributed by atoms with Crippen LogP contribution in [-0.4, -0.2) is 72.0 Å². The second-order valence-electron chi connectivity index (χ2n) is 6.99. The van der Waals surface area contributed by atoms with Crippen molar-refractivity contribution < 1.29 is 24.3 Å². The van der Waals surface area contributed by atoms with Gasteiger partial charge in [-0.1, -0.05) is 6.42 Å². The molecule has 0 aromatic carbocycles. The lowest BCUT2D eigenvalue weighted by molar-refractivity contribution is -0.137. The molecule has 1 aliphatic heterocycles. The fourth-order valence-corrected chi connectivity index (χ4v) is 3.12. The van der Waals surface area contributed by atoms with Crippen LogP contribution < -0.4 is 16.0 Å². The van der Waals surface area contributed by atoms with Crippen LogP contribution in [0.4, 0.5) is 0 Å². The van der Waals surface area contributed by atoms with Gasteiger partial charge in [-0.15, -0.1) is 0 Å². The molecule has 4 N–H and O–H groups in total. The minimum absolute atomic E-state index is 0.0718. The van der Waals surface area contributed by atoms with Crippen LogP contribution in [0.25, 0.3) is 0 Å². The number of nitrogens with one attached hydrogen (secondary N) is 3. The van der Waals surface area contributed by atoms with Crippen molar-refractivity contribution in [1.82, 2.24) is 20.9 Å². The van der Waals surface area contributed by atoms with Crippen molar-refractivity contribution in [2.45, 2.75) is 64.5 Å². The number of likely N-dealkylation sites (tertiary alicyclic amines) is 1. The standard InChI is InChI=1S/C18H32N4O5/c1-13-4-3-5-14(2)22(13)12-17(25)21-10-7-15(23)19-9-6-16(24)20-11-8-18(26)27/h13-14H,3-12H2,1-2H3,(H,19,23)(H,20,24)(H,21,25)(H,26,27)/t13-,14+. The summed E-state index contributed by atoms with van der Waals surface area (Å²) in [4.78, 5) is 47.7. The third-order valence-corrected chi connectivity index (χ3v) is 4.71. The molecule has 3 amide bonds. The van der Waals surface area contributed by atoms with E-state index in [9.17, 15) is 19.2 Å². The van der Waals surface area contributed by atoms with Gasteiger partial charge in [0.2, 0.25) is 17.7 Å². The molecule has 154 valence electrons. The Kier molecular flexibility index (Phi) is 10.4. The molecular formula is C18H32N4O5. The number of carboxylic acid groups (broad SMARTS) is 1. The highest BCUT2D eigenvalue weighted by molar-refractivity contribution is 5.81. The highest BCUT2D eigenvalue weighted by atomic mass is 16.4. The molecular weight excluding hydrogens is 352 g/mol. The molecule has 9 nitrogen and oxygen atoms in total. The van der Waals surface area contributed by atoms with Gasteiger partial charge in [0, 0.05) is 44.6 Å². The SMILES string of the molecule is C[C@@H]1CCC[C@H](C)N1CC(=O)NCCC(=O)NCCC(=O)NCCC(=O)O. The number of amides is 3. The molecule has 0 aromatic heterocycles. The molecule has 0 spiro atoms. The van der Waals surface area contributed by atoms with E-state index in [4.69, 9.17) is 5.11 Å². The molecule has 1 aliphatic rings. The van der Waals surface area contributed by atoms with Crippen LogP contribution in [-0.2, 0) is 19.2 Å². The zero-order chi connectivity index (χ0) is 20.2. The van der Waals surface area contributed by atoms with Gasteiger partial charge >= 0.3 is 5.97 Å². The molecule has 1 heterocycles. The lowest BCUT2D eigenvalue weighted by atomic mass is 9.97. The third kappa shape index (κ3) is 9.93. The molecule has 27 heavy (non-hydrogen) atoms. The summed E-state index contributed by atoms with van der Waals surface area (Å²) in [7, 11) is 0. The number of carbonyl (C=O) groups excluding carboxylic acids is 3. The van der Waals surface area contributed by atoms with Crippen LogP contribution in [0.3, 0.4) is 0 Å². The van der Waals surface area contributed by atoms with Gasteiger partial charge in [0.05, 0.1) is 13.0 Å². The lowest BCUT2D eigenvalue weighted by Gasteiger charge is -2.38. The highest BCUT2D eigenvalue weighted by Crippen LogP contribution is 2.21. The summed E-state index contributed by atoms with van der Waals surface area (Å²) in [6.45, 7) is 5.12. The lowest BCUT2D eigenvalue weighted by Crippen LogP contribution is -2.49. The molecule has 0 aromatic rings. The van der Waals surface area contributed by atoms with E-state index in [1.54, 1.807) is 0 Å². The maximum absolute atomic E-state index is 12.1. The average Bonchev–Trinajstić information content (AvgIpc) is 2.58. The van der Waals surface area contributed by atoms with E-state index in [-0.39, 0.29) is 56.6 Å². The molecule has 0 aliphatic carbocycles. The fraction of sp³-hybridized carbons (Fsp3) is 0.778. The predicted octanol–water partition coefficient (Wildman–Crippen LogP) is -0.147. The molecule has 0 saturated carbocycles. The van der Waals surface area contributed by atoms with Crippen molar-refractivity contribution in [3.05, 3.63) is 0 Å². The first kappa shape index (κ1) is 22.9. The Morgan fingerprint density at radius 1 is 0.815 bits per heavy atom. The van der Waals surface area contributed by atoms with Gasteiger partial charge in [0.25, 0.3) is 0 Å². The molecule has 1 fully saturated rings. The summed E-state index contributed by atoms with van der Waals surface area (Å²) in [6.07, 6.45) is 3.50. The molecule has 0 unspecified atom stereocenters. The normalized spacial score (nSPS) is 19.9. The number of nitrogens with zero attached hydrogens (tertiary/aromatic N) is 1. The Hall–Kier alpha value is -2.16. The first-order valence-corrected chi connectivity index (χ1v) is 9.57. The first-order valence-electron chi connectivity index (χ1n) is 9.57. The molecule has 0 radical (unpaired) electrons. The van der Waals surface area contributed by atoms with Crippen molar-refractivity contribution in [1.29, 1.82) is 0 Å². The van der Waals surface area contributed by atoms with Gasteiger partial charge in [-0.25, -0.2) is 0 Å². The van der Waals surface area contributed by atoms with Crippen LogP contribution in [0.2, 0.25) is 0 Å². The van der Waals surface area contributed by atoms with E-state index in [0.717, 1.165) is 12.8 Å². The summed E-state index contributed by atoms with van der Waals surface area (Å²) >= 11 is 0. The Morgan fingerprint density at radius 2 is 1.26 bits per heavy atom. The molecule has 0 bridgehead atoms. The van der Waals surface area contributed by atoms with Gasteiger partial charge in [0.15, 0.2) is 0 Å². The van der Waals surface area contributed by atoms with Gasteiger partial charge in [0.1, 0.15) is 0 Å². The van der Waals surface area contributed by atoms with Crippen molar-refractivity contribution in [3.63, 3.8) is 0 Å². The van der Waals surface area contributed by atoms with E-state index < -0.39 is 5.97 Å². The first-order chi connectivity index (χ1) is 12.8. The number of rotatable bonds is 11. The Morgan fingerprint density at radius 3 is 1.74 bits per heavy atom. The van der Waals surface area contributed by atoms with E-state index in [0.29, 0.717) is 18.6 Å². The topological polar surface area (TPSA) is 128 Å². The summed E-state index contributed by atoms with van der Waals surface area (Å²) in [5.74, 6) is -1.61. The smallest absolute Gasteiger partial charge is 0.305 e. The molecule has 9 heteroatoms. The van der Waals surface area contributed by atoms with Crippen LogP contribution >= 0.6 is 0 Å². The summed E-state index contributed by atoms with van der Waals surface area (Å²) < 4.78 is 0. The van der Waals surface area contributed by atoms with Crippen LogP contribution in [0.5, 0.6) is 0 Å². The highest BCUT2D eigenvalue weighted by Gasteiger charge is 2.26. The van der Waals surface area contributed by atoms with E-state index in [1.807, 2.05) is 0 Å². The number of hydrogen-bond acceptors (Lipinski definition) is 5. The van der Waals surface area contributed by atoms with Crippen molar-refractivity contribution in [3.8, 4) is 0 Å². The average molecular weight is 384 g/mol. The second-order valence-corrected chi connectivity index (χ2v) is 6.99. The largest absolute Gasteiger partial charge is 0.481 e. The van der Waals surface area contributed by atoms with Crippen LogP contribution in [0, 0.1) is 0 Å². The van der Waals surface area contributed by atoms with Gasteiger partial charge in [-0.3, -0.25) is 24.1 Å². The maximum Gasteiger partial charge on any atom is 0.305 e. The maximum atomic E-state index is 12.1. The summed E-state index contributed by atoms with van der Waals surface area (Å²) in [6, 6.07) is 0.786. The van der Waals surface area contributed by atoms with Gasteiger partial charge in [-0.2, -0.15) is 0 Å². The number of aliphatic carboxylic acids is 1. The van der Waals surface area contributed by atoms with Crippen molar-refractivity contribution >= 4 is 23.7 Å². The van der Waals surface area contributed by atoms with Crippen LogP contribution in [0.15, 0.2) is 0 Å². The number of hydrogen-bond donors (Lipinski definition) is 4. The zero-order valence-electron chi connectivity index (χ0n) is 16.3. The predicted molar refractivity (Wildman–Crippen MR) is 100.0 cm³/mol. The quantitative estimate of drug-likeness (QED) is 0.392. The van der Waals surface area contributed by atoms with Crippen LogP contribution in [0.1, 0.15) is 52.4 Å². The van der Waals surface area contributed by atoms with E-state index >= 15 is 0 Å². The Balaban J connectivity index is 2.10. The van der Waals surface area contributed by atoms with Crippen molar-refractivity contribution in [2.24, 2.45) is 0 Å². The number of piperidine rings is 1. The monoisotopic (exact) mass is 384 g/mol. The number of carboxylic acids is 1. The van der Waals surface area contributed by atoms with E-state index in [1.165, 1.54) is 6.42 Å². The third-order valence-electron chi connectivity index (χ3n) is 4.71. The minimum atomic E-state index is -0.977. The molecule has 2 atom stereocenters. The fourth-order valence-electron chi connectivity index (χ4n) is 3.12. The van der Waals surface area contributed by atoms with Gasteiger partial charge < -0.3 is 21.1 Å². The Labute approximate surface area is 160 Å².